The Morgan fingerprint density at radius 3 is 2.83 bits per heavy atom. The van der Waals surface area contributed by atoms with Crippen LogP contribution in [0.4, 0.5) is 17.5 Å². The van der Waals surface area contributed by atoms with Crippen LogP contribution in [-0.2, 0) is 6.42 Å². The summed E-state index contributed by atoms with van der Waals surface area (Å²) in [6.45, 7) is 0.985. The van der Waals surface area contributed by atoms with Crippen molar-refractivity contribution >= 4 is 17.5 Å². The van der Waals surface area contributed by atoms with Gasteiger partial charge in [0.1, 0.15) is 0 Å². The average Bonchev–Trinajstić information content (AvgIpc) is 2.62. The van der Waals surface area contributed by atoms with E-state index in [0.717, 1.165) is 25.2 Å². The molecule has 2 aromatic rings. The summed E-state index contributed by atoms with van der Waals surface area (Å²) in [5.41, 5.74) is 2.64. The molecule has 1 aliphatic carbocycles. The molecule has 1 saturated carbocycles. The van der Waals surface area contributed by atoms with E-state index in [9.17, 15) is 0 Å². The number of benzene rings is 1. The molecule has 0 radical (unpaired) electrons. The van der Waals surface area contributed by atoms with Crippen LogP contribution in [0.3, 0.4) is 0 Å². The number of nitrogens with one attached hydrogen (secondary N) is 1. The van der Waals surface area contributed by atoms with Crippen LogP contribution in [0.25, 0.3) is 0 Å². The van der Waals surface area contributed by atoms with Crippen LogP contribution < -0.4 is 10.2 Å². The normalized spacial score (nSPS) is 18.5. The van der Waals surface area contributed by atoms with Crippen LogP contribution in [0.5, 0.6) is 0 Å². The van der Waals surface area contributed by atoms with E-state index in [2.05, 4.69) is 44.7 Å². The number of aromatic nitrogens is 3. The highest BCUT2D eigenvalue weighted by Gasteiger charge is 2.20. The molecule has 2 aliphatic rings. The van der Waals surface area contributed by atoms with Gasteiger partial charge in [-0.25, -0.2) is 0 Å². The van der Waals surface area contributed by atoms with Gasteiger partial charge in [0.15, 0.2) is 5.82 Å². The Bertz CT molecular complexity index is 666. The molecule has 1 fully saturated rings. The molecular formula is C18H23N5. The highest BCUT2D eigenvalue weighted by molar-refractivity contribution is 5.65. The van der Waals surface area contributed by atoms with Crippen LogP contribution in [0.1, 0.15) is 44.1 Å². The molecule has 0 amide bonds. The number of aryl methyl sites for hydroxylation is 1. The molecule has 0 saturated heterocycles. The van der Waals surface area contributed by atoms with Crippen molar-refractivity contribution in [3.8, 4) is 0 Å². The smallest absolute Gasteiger partial charge is 0.244 e. The van der Waals surface area contributed by atoms with E-state index in [-0.39, 0.29) is 0 Å². The molecular weight excluding hydrogens is 286 g/mol. The van der Waals surface area contributed by atoms with Crippen LogP contribution in [0.2, 0.25) is 0 Å². The Labute approximate surface area is 137 Å². The largest absolute Gasteiger partial charge is 0.350 e. The summed E-state index contributed by atoms with van der Waals surface area (Å²) in [4.78, 5) is 6.99. The van der Waals surface area contributed by atoms with Gasteiger partial charge >= 0.3 is 0 Å². The first-order valence-corrected chi connectivity index (χ1v) is 8.72. The van der Waals surface area contributed by atoms with Crippen LogP contribution >= 0.6 is 0 Å². The van der Waals surface area contributed by atoms with Gasteiger partial charge in [-0.1, -0.05) is 37.5 Å². The lowest BCUT2D eigenvalue weighted by molar-refractivity contribution is 0.460. The average molecular weight is 309 g/mol. The van der Waals surface area contributed by atoms with Crippen molar-refractivity contribution in [1.29, 1.82) is 0 Å². The van der Waals surface area contributed by atoms with Gasteiger partial charge in [-0.3, -0.25) is 0 Å². The molecule has 1 N–H and O–H groups in total. The Kier molecular flexibility index (Phi) is 4.09. The summed E-state index contributed by atoms with van der Waals surface area (Å²) in [5, 5.41) is 11.8. The van der Waals surface area contributed by atoms with Crippen molar-refractivity contribution in [3.63, 3.8) is 0 Å². The van der Waals surface area contributed by atoms with Crippen molar-refractivity contribution in [3.05, 3.63) is 36.0 Å². The van der Waals surface area contributed by atoms with E-state index < -0.39 is 0 Å². The molecule has 1 aliphatic heterocycles. The highest BCUT2D eigenvalue weighted by Crippen LogP contribution is 2.32. The number of rotatable bonds is 3. The second-order valence-corrected chi connectivity index (χ2v) is 6.50. The van der Waals surface area contributed by atoms with Crippen molar-refractivity contribution in [2.24, 2.45) is 0 Å². The number of nitrogens with zero attached hydrogens (tertiary/aromatic N) is 4. The Morgan fingerprint density at radius 2 is 1.91 bits per heavy atom. The number of anilines is 3. The molecule has 23 heavy (non-hydrogen) atoms. The maximum absolute atomic E-state index is 4.73. The van der Waals surface area contributed by atoms with Crippen LogP contribution in [0, 0.1) is 0 Å². The van der Waals surface area contributed by atoms with Crippen LogP contribution in [0.15, 0.2) is 30.5 Å². The zero-order valence-corrected chi connectivity index (χ0v) is 13.4. The summed E-state index contributed by atoms with van der Waals surface area (Å²) >= 11 is 0. The first-order valence-electron chi connectivity index (χ1n) is 8.72. The van der Waals surface area contributed by atoms with Gasteiger partial charge < -0.3 is 10.2 Å². The summed E-state index contributed by atoms with van der Waals surface area (Å²) in [6, 6.07) is 9.07. The van der Waals surface area contributed by atoms with Gasteiger partial charge in [0.25, 0.3) is 0 Å². The lowest BCUT2D eigenvalue weighted by Crippen LogP contribution is -2.27. The van der Waals surface area contributed by atoms with E-state index in [1.165, 1.54) is 43.4 Å². The van der Waals surface area contributed by atoms with E-state index >= 15 is 0 Å². The van der Waals surface area contributed by atoms with Crippen molar-refractivity contribution in [1.82, 2.24) is 15.2 Å². The summed E-state index contributed by atoms with van der Waals surface area (Å²) < 4.78 is 0. The Morgan fingerprint density at radius 1 is 1.04 bits per heavy atom. The quantitative estimate of drug-likeness (QED) is 0.937. The summed E-state index contributed by atoms with van der Waals surface area (Å²) in [5.74, 6) is 1.56. The van der Waals surface area contributed by atoms with Gasteiger partial charge in [0, 0.05) is 18.3 Å². The SMILES string of the molecule is c1ccc2c(c1)CCCN2c1cnnc(NC2CCCCC2)n1. The molecule has 120 valence electrons. The standard InChI is InChI=1S/C18H23N5/c1-2-9-15(10-3-1)20-18-21-17(13-19-22-18)23-12-6-8-14-7-4-5-11-16(14)23/h4-5,7,11,13,15H,1-3,6,8-10,12H2,(H,20,21,22). The van der Waals surface area contributed by atoms with Gasteiger partial charge in [0.05, 0.1) is 6.20 Å². The lowest BCUT2D eigenvalue weighted by Gasteiger charge is -2.30. The predicted molar refractivity (Wildman–Crippen MR) is 92.1 cm³/mol. The summed E-state index contributed by atoms with van der Waals surface area (Å²) in [6.07, 6.45) is 10.4. The molecule has 1 aromatic heterocycles. The minimum atomic E-state index is 0.495. The van der Waals surface area contributed by atoms with E-state index in [0.29, 0.717) is 12.0 Å². The fourth-order valence-electron chi connectivity index (χ4n) is 3.69. The second-order valence-electron chi connectivity index (χ2n) is 6.50. The van der Waals surface area contributed by atoms with Gasteiger partial charge in [0.2, 0.25) is 5.95 Å². The fraction of sp³-hybridized carbons (Fsp3) is 0.500. The van der Waals surface area contributed by atoms with Crippen LogP contribution in [-0.4, -0.2) is 27.8 Å². The number of hydrogen-bond acceptors (Lipinski definition) is 5. The maximum Gasteiger partial charge on any atom is 0.244 e. The first-order chi connectivity index (χ1) is 11.4. The zero-order chi connectivity index (χ0) is 15.5. The number of para-hydroxylation sites is 1. The monoisotopic (exact) mass is 309 g/mol. The molecule has 2 heterocycles. The molecule has 4 rings (SSSR count). The minimum absolute atomic E-state index is 0.495. The number of hydrogen-bond donors (Lipinski definition) is 1. The third-order valence-corrected chi connectivity index (χ3v) is 4.87. The van der Waals surface area contributed by atoms with Crippen molar-refractivity contribution in [2.75, 3.05) is 16.8 Å². The molecule has 1 aromatic carbocycles. The molecule has 5 heteroatoms. The Balaban J connectivity index is 1.57. The van der Waals surface area contributed by atoms with Crippen molar-refractivity contribution in [2.45, 2.75) is 51.0 Å². The third kappa shape index (κ3) is 3.14. The molecule has 0 atom stereocenters. The maximum atomic E-state index is 4.73. The summed E-state index contributed by atoms with van der Waals surface area (Å²) in [7, 11) is 0. The number of fused-ring (bicyclic) bond motifs is 1. The van der Waals surface area contributed by atoms with E-state index in [1.54, 1.807) is 6.20 Å². The van der Waals surface area contributed by atoms with Crippen molar-refractivity contribution < 1.29 is 0 Å². The Hall–Kier alpha value is -2.17. The highest BCUT2D eigenvalue weighted by atomic mass is 15.3. The van der Waals surface area contributed by atoms with Gasteiger partial charge in [-0.05, 0) is 37.3 Å². The van der Waals surface area contributed by atoms with E-state index in [1.807, 2.05) is 0 Å². The third-order valence-electron chi connectivity index (χ3n) is 4.87. The lowest BCUT2D eigenvalue weighted by atomic mass is 9.96. The van der Waals surface area contributed by atoms with E-state index in [4.69, 9.17) is 4.98 Å². The second kappa shape index (κ2) is 6.52. The molecule has 0 bridgehead atoms. The minimum Gasteiger partial charge on any atom is -0.350 e. The molecule has 0 spiro atoms. The fourth-order valence-corrected chi connectivity index (χ4v) is 3.69. The molecule has 0 unspecified atom stereocenters. The van der Waals surface area contributed by atoms with Gasteiger partial charge in [-0.2, -0.15) is 10.1 Å². The zero-order valence-electron chi connectivity index (χ0n) is 13.4. The first kappa shape index (κ1) is 14.4. The predicted octanol–water partition coefficient (Wildman–Crippen LogP) is 3.70. The topological polar surface area (TPSA) is 53.9 Å². The molecule has 5 nitrogen and oxygen atoms in total. The van der Waals surface area contributed by atoms with Gasteiger partial charge in [-0.15, -0.1) is 5.10 Å².